The Morgan fingerprint density at radius 1 is 1.12 bits per heavy atom. The van der Waals surface area contributed by atoms with Crippen LogP contribution in [0.1, 0.15) is 48.6 Å². The highest BCUT2D eigenvalue weighted by Gasteiger charge is 2.33. The number of nitrogens with zero attached hydrogens (tertiary/aromatic N) is 2. The van der Waals surface area contributed by atoms with Gasteiger partial charge in [0.2, 0.25) is 11.8 Å². The molecule has 1 N–H and O–H groups in total. The van der Waals surface area contributed by atoms with Crippen molar-refractivity contribution < 1.29 is 14.3 Å². The lowest BCUT2D eigenvalue weighted by Crippen LogP contribution is -2.50. The summed E-state index contributed by atoms with van der Waals surface area (Å²) in [6, 6.07) is 10.7. The van der Waals surface area contributed by atoms with Crippen LogP contribution >= 0.6 is 22.9 Å². The molecule has 2 heterocycles. The van der Waals surface area contributed by atoms with Crippen molar-refractivity contribution >= 4 is 34.8 Å². The quantitative estimate of drug-likeness (QED) is 0.554. The topological polar surface area (TPSA) is 61.9 Å². The van der Waals surface area contributed by atoms with E-state index in [-0.39, 0.29) is 17.9 Å². The van der Waals surface area contributed by atoms with E-state index in [2.05, 4.69) is 10.2 Å². The third kappa shape index (κ3) is 7.04. The van der Waals surface area contributed by atoms with Gasteiger partial charge in [-0.15, -0.1) is 11.3 Å². The fraction of sp³-hybridized carbons (Fsp3) is 0.538. The van der Waals surface area contributed by atoms with E-state index in [0.29, 0.717) is 37.7 Å². The smallest absolute Gasteiger partial charge is 0.247 e. The van der Waals surface area contributed by atoms with Gasteiger partial charge in [0.05, 0.1) is 19.6 Å². The van der Waals surface area contributed by atoms with Crippen LogP contribution in [-0.2, 0) is 20.7 Å². The average Bonchev–Trinajstić information content (AvgIpc) is 3.37. The zero-order valence-electron chi connectivity index (χ0n) is 19.6. The Morgan fingerprint density at radius 3 is 2.53 bits per heavy atom. The number of thiophene rings is 1. The lowest BCUT2D eigenvalue weighted by molar-refractivity contribution is -0.141. The lowest BCUT2D eigenvalue weighted by atomic mass is 9.94. The molecule has 6 nitrogen and oxygen atoms in total. The Hall–Kier alpha value is -1.93. The summed E-state index contributed by atoms with van der Waals surface area (Å²) < 4.78 is 5.48. The van der Waals surface area contributed by atoms with Crippen LogP contribution in [-0.4, -0.2) is 67.0 Å². The van der Waals surface area contributed by atoms with Crippen LogP contribution in [0.3, 0.4) is 0 Å². The molecule has 2 amide bonds. The molecule has 8 heteroatoms. The highest BCUT2D eigenvalue weighted by Crippen LogP contribution is 2.26. The molecule has 1 aliphatic carbocycles. The predicted octanol–water partition coefficient (Wildman–Crippen LogP) is 4.30. The minimum Gasteiger partial charge on any atom is -0.379 e. The highest BCUT2D eigenvalue weighted by atomic mass is 35.5. The van der Waals surface area contributed by atoms with Crippen molar-refractivity contribution in [2.75, 3.05) is 39.4 Å². The fourth-order valence-electron chi connectivity index (χ4n) is 4.78. The van der Waals surface area contributed by atoms with E-state index in [9.17, 15) is 9.59 Å². The number of rotatable bonds is 9. The predicted molar refractivity (Wildman–Crippen MR) is 136 cm³/mol. The third-order valence-electron chi connectivity index (χ3n) is 6.68. The van der Waals surface area contributed by atoms with Gasteiger partial charge in [0.1, 0.15) is 6.04 Å². The first-order valence-electron chi connectivity index (χ1n) is 12.3. The minimum atomic E-state index is -0.687. The van der Waals surface area contributed by atoms with Gasteiger partial charge in [-0.1, -0.05) is 49.1 Å². The molecule has 0 radical (unpaired) electrons. The summed E-state index contributed by atoms with van der Waals surface area (Å²) in [5.41, 5.74) is 0.791. The molecule has 1 atom stereocenters. The molecule has 1 aliphatic heterocycles. The maximum absolute atomic E-state index is 13.7. The molecule has 4 rings (SSSR count). The monoisotopic (exact) mass is 503 g/mol. The maximum atomic E-state index is 13.7. The van der Waals surface area contributed by atoms with Gasteiger partial charge in [-0.3, -0.25) is 14.5 Å². The molecule has 1 aromatic carbocycles. The molecule has 184 valence electrons. The second-order valence-corrected chi connectivity index (χ2v) is 10.6. The highest BCUT2D eigenvalue weighted by molar-refractivity contribution is 7.10. The van der Waals surface area contributed by atoms with Gasteiger partial charge >= 0.3 is 0 Å². The molecule has 1 saturated heterocycles. The summed E-state index contributed by atoms with van der Waals surface area (Å²) in [6.07, 6.45) is 5.77. The number of benzene rings is 1. The molecular formula is C26H34ClN3O3S. The normalized spacial score (nSPS) is 18.4. The average molecular weight is 504 g/mol. The van der Waals surface area contributed by atoms with E-state index in [1.165, 1.54) is 6.42 Å². The van der Waals surface area contributed by atoms with E-state index in [0.717, 1.165) is 49.2 Å². The number of morpholine rings is 1. The Morgan fingerprint density at radius 2 is 1.85 bits per heavy atom. The van der Waals surface area contributed by atoms with Crippen molar-refractivity contribution in [3.8, 4) is 0 Å². The van der Waals surface area contributed by atoms with Gasteiger partial charge in [0, 0.05) is 42.1 Å². The molecule has 2 fully saturated rings. The lowest BCUT2D eigenvalue weighted by Gasteiger charge is -2.35. The summed E-state index contributed by atoms with van der Waals surface area (Å²) in [5, 5.41) is 5.86. The number of ether oxygens (including phenoxy) is 1. The van der Waals surface area contributed by atoms with Crippen LogP contribution in [0.5, 0.6) is 0 Å². The van der Waals surface area contributed by atoms with Gasteiger partial charge in [0.15, 0.2) is 0 Å². The van der Waals surface area contributed by atoms with Crippen molar-refractivity contribution in [1.29, 1.82) is 0 Å². The summed E-state index contributed by atoms with van der Waals surface area (Å²) in [7, 11) is 0. The van der Waals surface area contributed by atoms with Crippen molar-refractivity contribution in [2.45, 2.75) is 50.6 Å². The zero-order valence-corrected chi connectivity index (χ0v) is 21.2. The van der Waals surface area contributed by atoms with Crippen LogP contribution < -0.4 is 5.32 Å². The van der Waals surface area contributed by atoms with E-state index >= 15 is 0 Å². The number of carbonyl (C=O) groups excluding carboxylic acids is 2. The van der Waals surface area contributed by atoms with Crippen LogP contribution in [0, 0.1) is 0 Å². The van der Waals surface area contributed by atoms with Gasteiger partial charge in [0.25, 0.3) is 0 Å². The van der Waals surface area contributed by atoms with E-state index < -0.39 is 6.04 Å². The Balaban J connectivity index is 1.59. The first-order chi connectivity index (χ1) is 16.6. The summed E-state index contributed by atoms with van der Waals surface area (Å²) in [6.45, 7) is 4.27. The first kappa shape index (κ1) is 25.2. The van der Waals surface area contributed by atoms with Crippen molar-refractivity contribution in [1.82, 2.24) is 15.1 Å². The number of nitrogens with one attached hydrogen (secondary N) is 1. The molecule has 2 aliphatic rings. The number of amides is 2. The standard InChI is InChI=1S/C26H34ClN3O3S/c27-21-10-8-20(9-11-21)25(26(32)28-22-5-2-1-3-6-22)30(13-12-29-14-16-33-17-15-29)24(31)19-23-7-4-18-34-23/h4,7-11,18,22,25H,1-3,5-6,12-17,19H2,(H,28,32)/t25-/m0/s1. The maximum Gasteiger partial charge on any atom is 0.247 e. The second kappa shape index (κ2) is 12.7. The number of carbonyl (C=O) groups is 2. The van der Waals surface area contributed by atoms with Crippen LogP contribution in [0.25, 0.3) is 0 Å². The Kier molecular flexibility index (Phi) is 9.39. The van der Waals surface area contributed by atoms with E-state index in [4.69, 9.17) is 16.3 Å². The van der Waals surface area contributed by atoms with Crippen molar-refractivity contribution in [3.63, 3.8) is 0 Å². The van der Waals surface area contributed by atoms with E-state index in [1.54, 1.807) is 28.4 Å². The van der Waals surface area contributed by atoms with Gasteiger partial charge < -0.3 is 15.0 Å². The molecule has 1 saturated carbocycles. The van der Waals surface area contributed by atoms with Gasteiger partial charge in [-0.2, -0.15) is 0 Å². The molecule has 0 bridgehead atoms. The van der Waals surface area contributed by atoms with E-state index in [1.807, 2.05) is 29.6 Å². The van der Waals surface area contributed by atoms with Crippen LogP contribution in [0.2, 0.25) is 5.02 Å². The summed E-state index contributed by atoms with van der Waals surface area (Å²) >= 11 is 7.72. The second-order valence-electron chi connectivity index (χ2n) is 9.09. The first-order valence-corrected chi connectivity index (χ1v) is 13.5. The third-order valence-corrected chi connectivity index (χ3v) is 7.81. The summed E-state index contributed by atoms with van der Waals surface area (Å²) in [4.78, 5) is 32.4. The number of hydrogen-bond donors (Lipinski definition) is 1. The van der Waals surface area contributed by atoms with Gasteiger partial charge in [-0.05, 0) is 42.0 Å². The number of halogens is 1. The summed E-state index contributed by atoms with van der Waals surface area (Å²) in [5.74, 6) is -0.134. The Labute approximate surface area is 211 Å². The molecular weight excluding hydrogens is 470 g/mol. The van der Waals surface area contributed by atoms with Crippen molar-refractivity contribution in [2.24, 2.45) is 0 Å². The molecule has 2 aromatic rings. The molecule has 0 unspecified atom stereocenters. The zero-order chi connectivity index (χ0) is 23.8. The Bertz CT molecular complexity index is 910. The van der Waals surface area contributed by atoms with Gasteiger partial charge in [-0.25, -0.2) is 0 Å². The van der Waals surface area contributed by atoms with Crippen LogP contribution in [0.4, 0.5) is 0 Å². The van der Waals surface area contributed by atoms with Crippen molar-refractivity contribution in [3.05, 3.63) is 57.2 Å². The number of hydrogen-bond acceptors (Lipinski definition) is 5. The minimum absolute atomic E-state index is 0.0329. The van der Waals surface area contributed by atoms with Crippen LogP contribution in [0.15, 0.2) is 41.8 Å². The molecule has 1 aromatic heterocycles. The molecule has 34 heavy (non-hydrogen) atoms. The molecule has 0 spiro atoms. The SMILES string of the molecule is O=C(NC1CCCCC1)[C@H](c1ccc(Cl)cc1)N(CCN1CCOCC1)C(=O)Cc1cccs1. The largest absolute Gasteiger partial charge is 0.379 e. The fourth-order valence-corrected chi connectivity index (χ4v) is 5.60.